The number of fused-ring (bicyclic) bond motifs is 1. The Labute approximate surface area is 158 Å². The second-order valence-corrected chi connectivity index (χ2v) is 8.04. The number of carbonyl (C=O) groups excluding carboxylic acids is 3. The average molecular weight is 368 g/mol. The maximum atomic E-state index is 12.9. The second kappa shape index (κ2) is 6.95. The van der Waals surface area contributed by atoms with E-state index >= 15 is 0 Å². The van der Waals surface area contributed by atoms with Gasteiger partial charge in [-0.2, -0.15) is 0 Å². The zero-order valence-electron chi connectivity index (χ0n) is 15.5. The lowest BCUT2D eigenvalue weighted by Crippen LogP contribution is -2.48. The fourth-order valence-corrected chi connectivity index (χ4v) is 4.77. The Morgan fingerprint density at radius 3 is 2.15 bits per heavy atom. The molecule has 2 fully saturated rings. The molecule has 5 nitrogen and oxygen atoms in total. The van der Waals surface area contributed by atoms with Gasteiger partial charge in [0.1, 0.15) is 0 Å². The number of hydrogen-bond donors (Lipinski definition) is 0. The molecule has 6 atom stereocenters. The van der Waals surface area contributed by atoms with Crippen LogP contribution in [0.4, 0.5) is 0 Å². The Morgan fingerprint density at radius 1 is 0.963 bits per heavy atom. The van der Waals surface area contributed by atoms with Gasteiger partial charge in [0.2, 0.25) is 0 Å². The number of benzene rings is 1. The number of rotatable bonds is 6. The van der Waals surface area contributed by atoms with Crippen LogP contribution in [0.3, 0.4) is 0 Å². The molecule has 0 heterocycles. The van der Waals surface area contributed by atoms with E-state index in [2.05, 4.69) is 12.2 Å². The van der Waals surface area contributed by atoms with Crippen molar-refractivity contribution in [3.05, 3.63) is 48.0 Å². The quantitative estimate of drug-likeness (QED) is 0.438. The van der Waals surface area contributed by atoms with Crippen LogP contribution >= 0.6 is 0 Å². The van der Waals surface area contributed by atoms with E-state index in [4.69, 9.17) is 9.47 Å². The summed E-state index contributed by atoms with van der Waals surface area (Å²) in [5, 5.41) is 0. The van der Waals surface area contributed by atoms with Crippen LogP contribution < -0.4 is 0 Å². The number of esters is 2. The SMILES string of the molecule is CC(C)OC(=O)[C@@H]1[C@@H]2C=C[C@H]([C@H]3C[C@H]23)[C@@H]1C(=O)OCC(=O)c1ccccc1. The minimum atomic E-state index is -0.557. The van der Waals surface area contributed by atoms with Crippen molar-refractivity contribution >= 4 is 17.7 Å². The van der Waals surface area contributed by atoms with Crippen LogP contribution in [0.15, 0.2) is 42.5 Å². The Morgan fingerprint density at radius 2 is 1.56 bits per heavy atom. The molecule has 2 bridgehead atoms. The van der Waals surface area contributed by atoms with Crippen molar-refractivity contribution in [2.75, 3.05) is 6.61 Å². The first-order valence-corrected chi connectivity index (χ1v) is 9.61. The molecule has 27 heavy (non-hydrogen) atoms. The van der Waals surface area contributed by atoms with E-state index in [0.29, 0.717) is 17.4 Å². The number of hydrogen-bond acceptors (Lipinski definition) is 5. The van der Waals surface area contributed by atoms with E-state index in [-0.39, 0.29) is 36.3 Å². The van der Waals surface area contributed by atoms with Gasteiger partial charge in [-0.25, -0.2) is 0 Å². The fraction of sp³-hybridized carbons (Fsp3) is 0.500. The summed E-state index contributed by atoms with van der Waals surface area (Å²) in [5.41, 5.74) is 0.508. The van der Waals surface area contributed by atoms with Crippen LogP contribution in [0.25, 0.3) is 0 Å². The van der Waals surface area contributed by atoms with Gasteiger partial charge in [-0.3, -0.25) is 14.4 Å². The summed E-state index contributed by atoms with van der Waals surface area (Å²) in [7, 11) is 0. The van der Waals surface area contributed by atoms with Crippen molar-refractivity contribution in [3.8, 4) is 0 Å². The molecule has 0 N–H and O–H groups in total. The van der Waals surface area contributed by atoms with E-state index in [1.807, 2.05) is 6.07 Å². The molecule has 0 aliphatic heterocycles. The van der Waals surface area contributed by atoms with Gasteiger partial charge in [-0.05, 0) is 43.9 Å². The van der Waals surface area contributed by atoms with Gasteiger partial charge in [0.25, 0.3) is 0 Å². The normalized spacial score (nSPS) is 32.7. The van der Waals surface area contributed by atoms with Gasteiger partial charge in [-0.1, -0.05) is 42.5 Å². The van der Waals surface area contributed by atoms with Crippen LogP contribution in [0, 0.1) is 35.5 Å². The predicted molar refractivity (Wildman–Crippen MR) is 97.7 cm³/mol. The zero-order chi connectivity index (χ0) is 19.1. The van der Waals surface area contributed by atoms with E-state index in [1.165, 1.54) is 0 Å². The molecule has 4 aliphatic rings. The molecule has 5 rings (SSSR count). The topological polar surface area (TPSA) is 69.7 Å². The number of ketones is 1. The third-order valence-corrected chi connectivity index (χ3v) is 5.99. The summed E-state index contributed by atoms with van der Waals surface area (Å²) in [5.74, 6) is -1.14. The average Bonchev–Trinajstić information content (AvgIpc) is 3.48. The smallest absolute Gasteiger partial charge is 0.310 e. The van der Waals surface area contributed by atoms with Crippen molar-refractivity contribution in [3.63, 3.8) is 0 Å². The first-order valence-electron chi connectivity index (χ1n) is 9.61. The van der Waals surface area contributed by atoms with Crippen LogP contribution in [0.1, 0.15) is 30.6 Å². The Kier molecular flexibility index (Phi) is 4.62. The summed E-state index contributed by atoms with van der Waals surface area (Å²) in [4.78, 5) is 37.8. The zero-order valence-corrected chi connectivity index (χ0v) is 15.5. The van der Waals surface area contributed by atoms with Crippen molar-refractivity contribution in [1.29, 1.82) is 0 Å². The third-order valence-electron chi connectivity index (χ3n) is 5.99. The van der Waals surface area contributed by atoms with Gasteiger partial charge in [0, 0.05) is 5.56 Å². The van der Waals surface area contributed by atoms with Crippen LogP contribution in [-0.2, 0) is 19.1 Å². The van der Waals surface area contributed by atoms with Crippen LogP contribution in [0.2, 0.25) is 0 Å². The highest BCUT2D eigenvalue weighted by Gasteiger charge is 2.63. The molecule has 0 saturated heterocycles. The molecular formula is C22H24O5. The maximum absolute atomic E-state index is 12.9. The van der Waals surface area contributed by atoms with Crippen molar-refractivity contribution < 1.29 is 23.9 Å². The summed E-state index contributed by atoms with van der Waals surface area (Å²) in [6, 6.07) is 8.75. The van der Waals surface area contributed by atoms with Crippen LogP contribution in [0.5, 0.6) is 0 Å². The van der Waals surface area contributed by atoms with Crippen molar-refractivity contribution in [1.82, 2.24) is 0 Å². The maximum Gasteiger partial charge on any atom is 0.310 e. The van der Waals surface area contributed by atoms with Gasteiger partial charge in [0.05, 0.1) is 17.9 Å². The summed E-state index contributed by atoms with van der Waals surface area (Å²) >= 11 is 0. The van der Waals surface area contributed by atoms with Crippen LogP contribution in [-0.4, -0.2) is 30.4 Å². The molecular weight excluding hydrogens is 344 g/mol. The summed E-state index contributed by atoms with van der Waals surface area (Å²) < 4.78 is 10.8. The molecule has 1 aromatic rings. The molecule has 0 spiro atoms. The van der Waals surface area contributed by atoms with Crippen molar-refractivity contribution in [2.24, 2.45) is 35.5 Å². The first kappa shape index (κ1) is 18.0. The summed E-state index contributed by atoms with van der Waals surface area (Å²) in [6.45, 7) is 3.31. The van der Waals surface area contributed by atoms with E-state index in [1.54, 1.807) is 38.1 Å². The Hall–Kier alpha value is -2.43. The van der Waals surface area contributed by atoms with Gasteiger partial charge < -0.3 is 9.47 Å². The molecule has 0 amide bonds. The molecule has 142 valence electrons. The van der Waals surface area contributed by atoms with E-state index in [0.717, 1.165) is 6.42 Å². The van der Waals surface area contributed by atoms with Gasteiger partial charge in [-0.15, -0.1) is 0 Å². The lowest BCUT2D eigenvalue weighted by atomic mass is 9.62. The molecule has 4 aliphatic carbocycles. The number of ether oxygens (including phenoxy) is 2. The van der Waals surface area contributed by atoms with E-state index < -0.39 is 17.8 Å². The van der Waals surface area contributed by atoms with Gasteiger partial charge >= 0.3 is 11.9 Å². The number of Topliss-reactive ketones (excluding diaryl/α,β-unsaturated/α-hetero) is 1. The molecule has 5 heteroatoms. The van der Waals surface area contributed by atoms with E-state index in [9.17, 15) is 14.4 Å². The second-order valence-electron chi connectivity index (χ2n) is 8.04. The predicted octanol–water partition coefficient (Wildman–Crippen LogP) is 3.05. The summed E-state index contributed by atoms with van der Waals surface area (Å²) in [6.07, 6.45) is 4.95. The molecule has 0 aromatic heterocycles. The molecule has 0 radical (unpaired) electrons. The Balaban J connectivity index is 1.48. The fourth-order valence-electron chi connectivity index (χ4n) is 4.77. The first-order chi connectivity index (χ1) is 13.0. The molecule has 0 unspecified atom stereocenters. The highest BCUT2D eigenvalue weighted by molar-refractivity contribution is 5.98. The minimum absolute atomic E-state index is 0.00374. The largest absolute Gasteiger partial charge is 0.463 e. The third kappa shape index (κ3) is 3.31. The Bertz CT molecular complexity index is 781. The minimum Gasteiger partial charge on any atom is -0.463 e. The highest BCUT2D eigenvalue weighted by Crippen LogP contribution is 2.63. The number of allylic oxidation sites excluding steroid dienone is 2. The molecule has 1 aromatic carbocycles. The highest BCUT2D eigenvalue weighted by atomic mass is 16.5. The van der Waals surface area contributed by atoms with Crippen molar-refractivity contribution in [2.45, 2.75) is 26.4 Å². The monoisotopic (exact) mass is 368 g/mol. The number of carbonyl (C=O) groups is 3. The standard InChI is InChI=1S/C22H24O5/c1-12(2)27-22(25)20-15-9-8-14(16-10-17(15)16)19(20)21(24)26-11-18(23)13-6-4-3-5-7-13/h3-9,12,14-17,19-20H,10-11H2,1-2H3/t14-,15-,16-,17-,19+,20-/m1/s1. The lowest BCUT2D eigenvalue weighted by molar-refractivity contribution is -0.169. The molecule has 2 saturated carbocycles. The van der Waals surface area contributed by atoms with Gasteiger partial charge in [0.15, 0.2) is 12.4 Å². The lowest BCUT2D eigenvalue weighted by Gasteiger charge is -2.41.